The minimum Gasteiger partial charge on any atom is -0.481 e. The van der Waals surface area contributed by atoms with E-state index in [4.69, 9.17) is 10.6 Å². The highest BCUT2D eigenvalue weighted by molar-refractivity contribution is 6.03. The maximum absolute atomic E-state index is 11.9. The molecule has 0 aliphatic rings. The van der Waals surface area contributed by atoms with Crippen molar-refractivity contribution in [3.8, 4) is 17.1 Å². The predicted octanol–water partition coefficient (Wildman–Crippen LogP) is 9.84. The van der Waals surface area contributed by atoms with Crippen molar-refractivity contribution in [3.05, 3.63) is 156 Å². The van der Waals surface area contributed by atoms with E-state index in [1.807, 2.05) is 98.2 Å². The molecule has 3 N–H and O–H groups in total. The summed E-state index contributed by atoms with van der Waals surface area (Å²) < 4.78 is 7.09. The van der Waals surface area contributed by atoms with Crippen LogP contribution >= 0.6 is 12.4 Å². The van der Waals surface area contributed by atoms with Crippen molar-refractivity contribution in [2.24, 2.45) is 10.8 Å². The molecule has 260 valence electrons. The SMILES string of the molecule is CCOC(C)=NC(=O)c1ccc2ccccc2c1.Cc1ccccc1NN.Cc1nc(-c2ccc3ccccc3c2)n(-c2ccccc2C)n1.Cl. The molecule has 1 aromatic heterocycles. The number of aliphatic imine (C=N–C) groups is 1. The van der Waals surface area contributed by atoms with E-state index in [9.17, 15) is 4.79 Å². The molecule has 8 nitrogen and oxygen atoms in total. The number of halogens is 1. The molecular weight excluding hydrogens is 656 g/mol. The number of nitrogens with zero attached hydrogens (tertiary/aromatic N) is 4. The Kier molecular flexibility index (Phi) is 13.6. The summed E-state index contributed by atoms with van der Waals surface area (Å²) in [6.07, 6.45) is 0. The smallest absolute Gasteiger partial charge is 0.279 e. The summed E-state index contributed by atoms with van der Waals surface area (Å²) in [5.41, 5.74) is 8.64. The first kappa shape index (κ1) is 38.0. The monoisotopic (exact) mass is 698 g/mol. The first-order valence-electron chi connectivity index (χ1n) is 16.5. The van der Waals surface area contributed by atoms with Crippen LogP contribution in [0.2, 0.25) is 0 Å². The summed E-state index contributed by atoms with van der Waals surface area (Å²) in [7, 11) is 0. The Balaban J connectivity index is 0.000000186. The van der Waals surface area contributed by atoms with Gasteiger partial charge in [0.25, 0.3) is 5.91 Å². The molecule has 0 aliphatic heterocycles. The van der Waals surface area contributed by atoms with Crippen LogP contribution in [0.4, 0.5) is 5.69 Å². The number of anilines is 1. The van der Waals surface area contributed by atoms with Gasteiger partial charge in [0, 0.05) is 18.1 Å². The van der Waals surface area contributed by atoms with Gasteiger partial charge >= 0.3 is 0 Å². The zero-order chi connectivity index (χ0) is 35.5. The molecule has 0 saturated heterocycles. The number of amides is 1. The van der Waals surface area contributed by atoms with Crippen LogP contribution in [0.15, 0.2) is 138 Å². The lowest BCUT2D eigenvalue weighted by Gasteiger charge is -2.09. The van der Waals surface area contributed by atoms with Crippen LogP contribution in [0.3, 0.4) is 0 Å². The molecule has 0 spiro atoms. The highest BCUT2D eigenvalue weighted by atomic mass is 35.5. The van der Waals surface area contributed by atoms with E-state index in [1.165, 1.54) is 21.9 Å². The zero-order valence-corrected chi connectivity index (χ0v) is 30.3. The van der Waals surface area contributed by atoms with Gasteiger partial charge in [-0.25, -0.2) is 9.67 Å². The number of fused-ring (bicyclic) bond motifs is 2. The molecule has 0 saturated carbocycles. The average Bonchev–Trinajstić information content (AvgIpc) is 3.53. The van der Waals surface area contributed by atoms with Gasteiger partial charge < -0.3 is 10.2 Å². The van der Waals surface area contributed by atoms with Crippen LogP contribution in [-0.2, 0) is 4.74 Å². The normalized spacial score (nSPS) is 10.7. The molecule has 0 bridgehead atoms. The second kappa shape index (κ2) is 18.2. The summed E-state index contributed by atoms with van der Waals surface area (Å²) in [6, 6.07) is 44.4. The second-order valence-corrected chi connectivity index (χ2v) is 11.6. The lowest BCUT2D eigenvalue weighted by molar-refractivity contribution is 0.0999. The number of nitrogen functional groups attached to an aromatic ring is 1. The molecular formula is C42H43ClN6O2. The number of rotatable bonds is 5. The third kappa shape index (κ3) is 9.88. The number of para-hydroxylation sites is 2. The van der Waals surface area contributed by atoms with E-state index >= 15 is 0 Å². The Labute approximate surface area is 305 Å². The molecule has 7 rings (SSSR count). The van der Waals surface area contributed by atoms with E-state index in [0.29, 0.717) is 18.1 Å². The van der Waals surface area contributed by atoms with E-state index < -0.39 is 0 Å². The number of nitrogens with two attached hydrogens (primary N) is 1. The average molecular weight is 699 g/mol. The molecule has 6 aromatic carbocycles. The number of hydrogen-bond donors (Lipinski definition) is 2. The quantitative estimate of drug-likeness (QED) is 0.0802. The lowest BCUT2D eigenvalue weighted by Crippen LogP contribution is -2.07. The van der Waals surface area contributed by atoms with Crippen molar-refractivity contribution in [1.82, 2.24) is 14.8 Å². The highest BCUT2D eigenvalue weighted by Crippen LogP contribution is 2.26. The lowest BCUT2D eigenvalue weighted by atomic mass is 10.1. The number of carbonyl (C=O) groups is 1. The van der Waals surface area contributed by atoms with E-state index in [-0.39, 0.29) is 18.3 Å². The molecule has 7 aromatic rings. The predicted molar refractivity (Wildman–Crippen MR) is 213 cm³/mol. The summed E-state index contributed by atoms with van der Waals surface area (Å²) in [6.45, 7) is 10.1. The number of benzene rings is 6. The van der Waals surface area contributed by atoms with Crippen molar-refractivity contribution in [2.45, 2.75) is 34.6 Å². The van der Waals surface area contributed by atoms with Crippen molar-refractivity contribution in [3.63, 3.8) is 0 Å². The Morgan fingerprint density at radius 3 is 1.92 bits per heavy atom. The van der Waals surface area contributed by atoms with E-state index in [0.717, 1.165) is 39.4 Å². The van der Waals surface area contributed by atoms with Gasteiger partial charge in [0.05, 0.1) is 18.0 Å². The van der Waals surface area contributed by atoms with Crippen molar-refractivity contribution < 1.29 is 9.53 Å². The topological polar surface area (TPSA) is 107 Å². The van der Waals surface area contributed by atoms with Crippen LogP contribution in [0, 0.1) is 20.8 Å². The molecule has 9 heteroatoms. The molecule has 0 unspecified atom stereocenters. The molecule has 0 fully saturated rings. The zero-order valence-electron chi connectivity index (χ0n) is 29.5. The fourth-order valence-corrected chi connectivity index (χ4v) is 5.41. The number of carbonyl (C=O) groups excluding carboxylic acids is 1. The maximum Gasteiger partial charge on any atom is 0.279 e. The fourth-order valence-electron chi connectivity index (χ4n) is 5.41. The molecule has 0 atom stereocenters. The first-order chi connectivity index (χ1) is 24.3. The molecule has 1 amide bonds. The summed E-state index contributed by atoms with van der Waals surface area (Å²) in [4.78, 5) is 20.5. The summed E-state index contributed by atoms with van der Waals surface area (Å²) in [5.74, 6) is 6.98. The molecule has 0 radical (unpaired) electrons. The van der Waals surface area contributed by atoms with E-state index in [2.05, 4.69) is 82.0 Å². The Morgan fingerprint density at radius 2 is 1.31 bits per heavy atom. The van der Waals surface area contributed by atoms with Gasteiger partial charge in [0.2, 0.25) is 0 Å². The van der Waals surface area contributed by atoms with Crippen molar-refractivity contribution >= 4 is 51.4 Å². The first-order valence-corrected chi connectivity index (χ1v) is 16.5. The van der Waals surface area contributed by atoms with Crippen LogP contribution in [0.1, 0.15) is 41.2 Å². The van der Waals surface area contributed by atoms with Gasteiger partial charge in [-0.3, -0.25) is 10.6 Å². The fraction of sp³-hybridized carbons (Fsp3) is 0.143. The van der Waals surface area contributed by atoms with Gasteiger partial charge in [-0.15, -0.1) is 12.4 Å². The van der Waals surface area contributed by atoms with Gasteiger partial charge in [-0.05, 0) is 90.7 Å². The Hall–Kier alpha value is -5.83. The maximum atomic E-state index is 11.9. The van der Waals surface area contributed by atoms with Crippen LogP contribution in [0.25, 0.3) is 38.6 Å². The number of aromatic nitrogens is 3. The van der Waals surface area contributed by atoms with E-state index in [1.54, 1.807) is 13.0 Å². The third-order valence-electron chi connectivity index (χ3n) is 7.97. The Morgan fingerprint density at radius 1 is 0.745 bits per heavy atom. The highest BCUT2D eigenvalue weighted by Gasteiger charge is 2.13. The number of hydrogen-bond acceptors (Lipinski definition) is 6. The summed E-state index contributed by atoms with van der Waals surface area (Å²) >= 11 is 0. The van der Waals surface area contributed by atoms with Gasteiger partial charge in [0.15, 0.2) is 11.7 Å². The number of hydrazine groups is 1. The van der Waals surface area contributed by atoms with Crippen LogP contribution < -0.4 is 11.3 Å². The van der Waals surface area contributed by atoms with Crippen LogP contribution in [-0.4, -0.2) is 33.2 Å². The summed E-state index contributed by atoms with van der Waals surface area (Å²) in [5, 5.41) is 9.19. The second-order valence-electron chi connectivity index (χ2n) is 11.6. The molecule has 1 heterocycles. The number of nitrogens with one attached hydrogen (secondary N) is 1. The third-order valence-corrected chi connectivity index (χ3v) is 7.97. The van der Waals surface area contributed by atoms with Gasteiger partial charge in [-0.2, -0.15) is 10.1 Å². The Bertz CT molecular complexity index is 2260. The van der Waals surface area contributed by atoms with Crippen molar-refractivity contribution in [2.75, 3.05) is 12.0 Å². The van der Waals surface area contributed by atoms with Gasteiger partial charge in [0.1, 0.15) is 5.82 Å². The van der Waals surface area contributed by atoms with Crippen LogP contribution in [0.5, 0.6) is 0 Å². The minimum atomic E-state index is -0.272. The molecule has 51 heavy (non-hydrogen) atoms. The van der Waals surface area contributed by atoms with Gasteiger partial charge in [-0.1, -0.05) is 103 Å². The standard InChI is InChI=1S/C20H17N3.C15H15NO2.C7H10N2.ClH/c1-14-7-3-6-10-19(14)23-20(21-15(2)22-23)18-12-11-16-8-4-5-9-17(16)13-18;1-3-18-11(2)16-15(17)14-9-8-12-6-4-5-7-13(12)10-14;1-6-4-2-3-5-7(6)9-8;/h3-13H,1-2H3;4-10H,3H2,1-2H3;2-5,9H,8H2,1H3;1H. The largest absolute Gasteiger partial charge is 0.481 e. The van der Waals surface area contributed by atoms with Crippen molar-refractivity contribution in [1.29, 1.82) is 0 Å². The molecule has 0 aliphatic carbocycles. The number of aryl methyl sites for hydroxylation is 3. The number of ether oxygens (including phenoxy) is 1. The minimum absolute atomic E-state index is 0.